The molecule has 3 aromatic carbocycles. The van der Waals surface area contributed by atoms with Gasteiger partial charge >= 0.3 is 5.69 Å². The number of carbonyl (C=O) groups excluding carboxylic acids is 3. The largest absolute Gasteiger partial charge is 0.383 e. The van der Waals surface area contributed by atoms with Crippen LogP contribution in [0.2, 0.25) is 0 Å². The van der Waals surface area contributed by atoms with Crippen LogP contribution in [0.25, 0.3) is 21.8 Å². The van der Waals surface area contributed by atoms with Crippen molar-refractivity contribution in [3.8, 4) is 0 Å². The number of nitrogens with one attached hydrogen (secondary N) is 2. The Hall–Kier alpha value is -4.24. The molecule has 0 radical (unpaired) electrons. The molecule has 0 atom stereocenters. The van der Waals surface area contributed by atoms with E-state index in [0.717, 1.165) is 4.90 Å². The summed E-state index contributed by atoms with van der Waals surface area (Å²) < 4.78 is 6.42. The monoisotopic (exact) mass is 444 g/mol. The van der Waals surface area contributed by atoms with E-state index >= 15 is 0 Å². The number of anilines is 1. The molecule has 9 nitrogen and oxygen atoms in total. The Bertz CT molecular complexity index is 1510. The highest BCUT2D eigenvalue weighted by molar-refractivity contribution is 6.36. The first kappa shape index (κ1) is 20.7. The molecule has 33 heavy (non-hydrogen) atoms. The van der Waals surface area contributed by atoms with Crippen LogP contribution >= 0.6 is 0 Å². The normalized spacial score (nSPS) is 13.2. The Morgan fingerprint density at radius 1 is 1.03 bits per heavy atom. The van der Waals surface area contributed by atoms with Gasteiger partial charge < -0.3 is 15.0 Å². The van der Waals surface area contributed by atoms with Crippen LogP contribution in [0.15, 0.2) is 53.3 Å². The summed E-state index contributed by atoms with van der Waals surface area (Å²) in [6.45, 7) is 0.712. The number of aryl methyl sites for hydroxylation is 1. The van der Waals surface area contributed by atoms with Gasteiger partial charge in [-0.3, -0.25) is 19.0 Å². The van der Waals surface area contributed by atoms with E-state index in [1.54, 1.807) is 62.7 Å². The number of hydrogen-bond donors (Lipinski definition) is 2. The molecule has 0 spiro atoms. The Kier molecular flexibility index (Phi) is 4.83. The predicted octanol–water partition coefficient (Wildman–Crippen LogP) is 2.20. The number of methoxy groups -OCH3 is 1. The minimum Gasteiger partial charge on any atom is -0.383 e. The lowest BCUT2D eigenvalue weighted by atomic mass is 9.90. The molecule has 1 aliphatic heterocycles. The molecule has 0 saturated heterocycles. The van der Waals surface area contributed by atoms with Gasteiger partial charge in [-0.25, -0.2) is 9.69 Å². The number of hydrogen-bond acceptors (Lipinski definition) is 5. The van der Waals surface area contributed by atoms with Crippen molar-refractivity contribution in [2.75, 3.05) is 25.2 Å². The predicted molar refractivity (Wildman–Crippen MR) is 123 cm³/mol. The maximum atomic E-state index is 13.4. The van der Waals surface area contributed by atoms with E-state index in [1.807, 2.05) is 0 Å². The van der Waals surface area contributed by atoms with E-state index in [1.165, 1.54) is 4.57 Å². The van der Waals surface area contributed by atoms with Crippen molar-refractivity contribution >= 4 is 45.2 Å². The molecule has 0 aliphatic carbocycles. The summed E-state index contributed by atoms with van der Waals surface area (Å²) in [7, 11) is 3.18. The molecule has 3 amide bonds. The lowest BCUT2D eigenvalue weighted by Gasteiger charge is -2.27. The molecule has 0 fully saturated rings. The van der Waals surface area contributed by atoms with E-state index in [4.69, 9.17) is 4.74 Å². The van der Waals surface area contributed by atoms with Crippen molar-refractivity contribution in [1.29, 1.82) is 0 Å². The van der Waals surface area contributed by atoms with Crippen LogP contribution in [-0.2, 0) is 11.8 Å². The third-order valence-electron chi connectivity index (χ3n) is 5.89. The van der Waals surface area contributed by atoms with Gasteiger partial charge in [-0.1, -0.05) is 12.1 Å². The van der Waals surface area contributed by atoms with Crippen molar-refractivity contribution in [2.24, 2.45) is 7.05 Å². The first-order valence-electron chi connectivity index (χ1n) is 10.3. The van der Waals surface area contributed by atoms with Gasteiger partial charge in [0.2, 0.25) is 0 Å². The van der Waals surface area contributed by atoms with Gasteiger partial charge in [0.1, 0.15) is 0 Å². The minimum atomic E-state index is -0.493. The summed E-state index contributed by atoms with van der Waals surface area (Å²) in [6.07, 6.45) is 0. The number of H-pyrrole nitrogens is 1. The smallest absolute Gasteiger partial charge is 0.326 e. The summed E-state index contributed by atoms with van der Waals surface area (Å²) in [5, 5.41) is 3.76. The van der Waals surface area contributed by atoms with Gasteiger partial charge in [-0.15, -0.1) is 0 Å². The standard InChI is InChI=1S/C24H20N4O5/c1-27-19-9-6-13(12-18(19)26-24(27)32)28-22(30)16-5-3-4-14-15(21(29)25-10-11-33-2)7-8-17(20(14)16)23(28)31/h3-9,12H,10-11H2,1-2H3,(H,25,29)(H,26,32). The first-order valence-corrected chi connectivity index (χ1v) is 10.3. The SMILES string of the molecule is COCCNC(=O)c1ccc2c3c(cccc13)C(=O)N(c1ccc3c(c1)[nH]c(=O)n3C)C2=O. The van der Waals surface area contributed by atoms with Crippen LogP contribution in [0, 0.1) is 0 Å². The number of carbonyl (C=O) groups is 3. The molecule has 0 saturated carbocycles. The molecule has 4 aromatic rings. The number of aromatic nitrogens is 2. The van der Waals surface area contributed by atoms with Gasteiger partial charge in [0.25, 0.3) is 17.7 Å². The highest BCUT2D eigenvalue weighted by Gasteiger charge is 2.35. The number of imidazole rings is 1. The fourth-order valence-electron chi connectivity index (χ4n) is 4.25. The quantitative estimate of drug-likeness (QED) is 0.362. The second-order valence-electron chi connectivity index (χ2n) is 7.77. The zero-order valence-electron chi connectivity index (χ0n) is 18.0. The number of rotatable bonds is 5. The van der Waals surface area contributed by atoms with Crippen LogP contribution in [0.5, 0.6) is 0 Å². The Labute approximate surface area is 187 Å². The first-order chi connectivity index (χ1) is 15.9. The molecule has 1 aromatic heterocycles. The topological polar surface area (TPSA) is 114 Å². The van der Waals surface area contributed by atoms with Crippen LogP contribution in [0.3, 0.4) is 0 Å². The minimum absolute atomic E-state index is 0.287. The zero-order valence-corrected chi connectivity index (χ0v) is 18.0. The highest BCUT2D eigenvalue weighted by atomic mass is 16.5. The highest BCUT2D eigenvalue weighted by Crippen LogP contribution is 2.35. The summed E-state index contributed by atoms with van der Waals surface area (Å²) >= 11 is 0. The molecule has 5 rings (SSSR count). The number of aromatic amines is 1. The lowest BCUT2D eigenvalue weighted by Crippen LogP contribution is -2.40. The van der Waals surface area contributed by atoms with Crippen molar-refractivity contribution in [3.05, 3.63) is 75.7 Å². The van der Waals surface area contributed by atoms with Crippen LogP contribution in [-0.4, -0.2) is 47.5 Å². The van der Waals surface area contributed by atoms with E-state index in [2.05, 4.69) is 10.3 Å². The molecule has 0 bridgehead atoms. The number of fused-ring (bicyclic) bond motifs is 1. The lowest BCUT2D eigenvalue weighted by molar-refractivity contribution is 0.0889. The molecular weight excluding hydrogens is 424 g/mol. The van der Waals surface area contributed by atoms with E-state index in [0.29, 0.717) is 57.3 Å². The molecule has 2 N–H and O–H groups in total. The maximum absolute atomic E-state index is 13.4. The number of imide groups is 1. The zero-order chi connectivity index (χ0) is 23.3. The Balaban J connectivity index is 1.61. The van der Waals surface area contributed by atoms with Crippen molar-refractivity contribution in [1.82, 2.24) is 14.9 Å². The van der Waals surface area contributed by atoms with Crippen molar-refractivity contribution in [2.45, 2.75) is 0 Å². The summed E-state index contributed by atoms with van der Waals surface area (Å²) in [6, 6.07) is 13.1. The van der Waals surface area contributed by atoms with Crippen LogP contribution < -0.4 is 15.9 Å². The van der Waals surface area contributed by atoms with Crippen molar-refractivity contribution < 1.29 is 19.1 Å². The summed E-state index contributed by atoms with van der Waals surface area (Å²) in [5.74, 6) is -1.29. The molecule has 2 heterocycles. The number of benzene rings is 3. The van der Waals surface area contributed by atoms with Crippen molar-refractivity contribution in [3.63, 3.8) is 0 Å². The van der Waals surface area contributed by atoms with Gasteiger partial charge in [0.15, 0.2) is 0 Å². The maximum Gasteiger partial charge on any atom is 0.326 e. The molecule has 166 valence electrons. The van der Waals surface area contributed by atoms with E-state index in [-0.39, 0.29) is 11.6 Å². The molecule has 9 heteroatoms. The second-order valence-corrected chi connectivity index (χ2v) is 7.77. The van der Waals surface area contributed by atoms with E-state index in [9.17, 15) is 19.2 Å². The number of ether oxygens (including phenoxy) is 1. The van der Waals surface area contributed by atoms with Crippen LogP contribution in [0.4, 0.5) is 5.69 Å². The van der Waals surface area contributed by atoms with Gasteiger partial charge in [-0.05, 0) is 41.8 Å². The van der Waals surface area contributed by atoms with Gasteiger partial charge in [-0.2, -0.15) is 0 Å². The molecule has 0 unspecified atom stereocenters. The molecule has 1 aliphatic rings. The Morgan fingerprint density at radius 2 is 1.79 bits per heavy atom. The molecular formula is C24H20N4O5. The number of amides is 3. The summed E-state index contributed by atoms with van der Waals surface area (Å²) in [4.78, 5) is 55.3. The van der Waals surface area contributed by atoms with Crippen LogP contribution in [0.1, 0.15) is 31.1 Å². The second kappa shape index (κ2) is 7.72. The van der Waals surface area contributed by atoms with Gasteiger partial charge in [0, 0.05) is 42.8 Å². The Morgan fingerprint density at radius 3 is 2.55 bits per heavy atom. The van der Waals surface area contributed by atoms with E-state index < -0.39 is 11.8 Å². The fourth-order valence-corrected chi connectivity index (χ4v) is 4.25. The average Bonchev–Trinajstić information content (AvgIpc) is 3.10. The summed E-state index contributed by atoms with van der Waals surface area (Å²) in [5.41, 5.74) is 2.28. The number of nitrogens with zero attached hydrogens (tertiary/aromatic N) is 2. The fraction of sp³-hybridized carbons (Fsp3) is 0.167. The average molecular weight is 444 g/mol. The third kappa shape index (κ3) is 3.13. The van der Waals surface area contributed by atoms with Gasteiger partial charge in [0.05, 0.1) is 23.3 Å². The third-order valence-corrected chi connectivity index (χ3v) is 5.89.